The molecule has 0 aromatic heterocycles. The van der Waals surface area contributed by atoms with Crippen molar-refractivity contribution in [2.45, 2.75) is 26.4 Å². The summed E-state index contributed by atoms with van der Waals surface area (Å²) in [4.78, 5) is 0. The molecule has 0 amide bonds. The van der Waals surface area contributed by atoms with Gasteiger partial charge < -0.3 is 0 Å². The number of alkyl halides is 4. The first-order chi connectivity index (χ1) is 4.27. The highest BCUT2D eigenvalue weighted by Gasteiger charge is 2.35. The van der Waals surface area contributed by atoms with E-state index in [1.807, 2.05) is 0 Å². The third kappa shape index (κ3) is 5.09. The number of hydrogen-bond acceptors (Lipinski definition) is 0. The van der Waals surface area contributed by atoms with Gasteiger partial charge in [0.25, 0.3) is 0 Å². The monoisotopic (exact) mass is 218 g/mol. The molecule has 0 fully saturated rings. The summed E-state index contributed by atoms with van der Waals surface area (Å²) in [5, 5.41) is 0.375. The van der Waals surface area contributed by atoms with Gasteiger partial charge in [0.2, 0.25) is 0 Å². The number of halogens is 4. The summed E-state index contributed by atoms with van der Waals surface area (Å²) in [6, 6.07) is 0. The maximum Gasteiger partial charge on any atom is 0.389 e. The Morgan fingerprint density at radius 3 is 1.70 bits per heavy atom. The highest BCUT2D eigenvalue weighted by atomic mass is 79.9. The van der Waals surface area contributed by atoms with Gasteiger partial charge in [-0.2, -0.15) is 13.2 Å². The predicted octanol–water partition coefficient (Wildman–Crippen LogP) is 3.36. The Labute approximate surface area is 66.9 Å². The fourth-order valence-corrected chi connectivity index (χ4v) is 0.788. The normalized spacial score (nSPS) is 13.8. The van der Waals surface area contributed by atoms with E-state index in [0.29, 0.717) is 5.33 Å². The lowest BCUT2D eigenvalue weighted by Crippen LogP contribution is -2.23. The Kier molecular flexibility index (Phi) is 3.20. The van der Waals surface area contributed by atoms with E-state index < -0.39 is 18.0 Å². The van der Waals surface area contributed by atoms with Gasteiger partial charge in [-0.05, 0) is 5.41 Å². The maximum atomic E-state index is 11.7. The molecule has 0 saturated carbocycles. The van der Waals surface area contributed by atoms with Crippen molar-refractivity contribution < 1.29 is 13.2 Å². The van der Waals surface area contributed by atoms with Gasteiger partial charge in [0.05, 0.1) is 0 Å². The first-order valence-electron chi connectivity index (χ1n) is 2.89. The minimum absolute atomic E-state index is 0.375. The SMILES string of the molecule is CC(C)(CBr)CC(F)(F)F. The Hall–Kier alpha value is 0.270. The molecular formula is C6H10BrF3. The van der Waals surface area contributed by atoms with Crippen LogP contribution < -0.4 is 0 Å². The molecule has 0 aromatic rings. The standard InChI is InChI=1S/C6H10BrF3/c1-5(2,4-7)3-6(8,9)10/h3-4H2,1-2H3. The molecule has 0 aliphatic carbocycles. The van der Waals surface area contributed by atoms with Gasteiger partial charge in [0.15, 0.2) is 0 Å². The molecule has 0 saturated heterocycles. The molecule has 0 heterocycles. The molecule has 4 heteroatoms. The molecular weight excluding hydrogens is 209 g/mol. The second kappa shape index (κ2) is 3.11. The molecule has 0 atom stereocenters. The van der Waals surface area contributed by atoms with E-state index >= 15 is 0 Å². The molecule has 62 valence electrons. The van der Waals surface area contributed by atoms with Crippen molar-refractivity contribution in [1.29, 1.82) is 0 Å². The predicted molar refractivity (Wildman–Crippen MR) is 38.2 cm³/mol. The Balaban J connectivity index is 3.89. The van der Waals surface area contributed by atoms with Crippen LogP contribution in [0, 0.1) is 5.41 Å². The highest BCUT2D eigenvalue weighted by molar-refractivity contribution is 9.09. The molecule has 0 N–H and O–H groups in total. The smallest absolute Gasteiger partial charge is 0.171 e. The van der Waals surface area contributed by atoms with Gasteiger partial charge in [-0.1, -0.05) is 29.8 Å². The second-order valence-electron chi connectivity index (χ2n) is 3.09. The van der Waals surface area contributed by atoms with Crippen LogP contribution >= 0.6 is 15.9 Å². The van der Waals surface area contributed by atoms with E-state index in [1.54, 1.807) is 13.8 Å². The number of hydrogen-bond donors (Lipinski definition) is 0. The lowest BCUT2D eigenvalue weighted by molar-refractivity contribution is -0.151. The van der Waals surface area contributed by atoms with Crippen LogP contribution in [0.25, 0.3) is 0 Å². The third-order valence-corrected chi connectivity index (χ3v) is 2.56. The summed E-state index contributed by atoms with van der Waals surface area (Å²) in [5.41, 5.74) is -0.682. The molecule has 0 aromatic carbocycles. The number of rotatable bonds is 2. The summed E-state index contributed by atoms with van der Waals surface area (Å²) < 4.78 is 35.2. The van der Waals surface area contributed by atoms with Crippen molar-refractivity contribution in [3.05, 3.63) is 0 Å². The molecule has 0 aliphatic heterocycles. The average molecular weight is 219 g/mol. The quantitative estimate of drug-likeness (QED) is 0.624. The summed E-state index contributed by atoms with van der Waals surface area (Å²) in [6.07, 6.45) is -4.78. The summed E-state index contributed by atoms with van der Waals surface area (Å²) >= 11 is 3.02. The van der Waals surface area contributed by atoms with E-state index in [9.17, 15) is 13.2 Å². The zero-order valence-corrected chi connectivity index (χ0v) is 7.51. The second-order valence-corrected chi connectivity index (χ2v) is 3.65. The Morgan fingerprint density at radius 1 is 1.20 bits per heavy atom. The first kappa shape index (κ1) is 10.3. The van der Waals surface area contributed by atoms with Crippen molar-refractivity contribution in [3.8, 4) is 0 Å². The zero-order chi connectivity index (χ0) is 8.41. The summed E-state index contributed by atoms with van der Waals surface area (Å²) in [6.45, 7) is 3.16. The lowest BCUT2D eigenvalue weighted by atomic mass is 9.92. The van der Waals surface area contributed by atoms with Crippen LogP contribution in [0.1, 0.15) is 20.3 Å². The summed E-state index contributed by atoms with van der Waals surface area (Å²) in [7, 11) is 0. The molecule has 0 spiro atoms. The van der Waals surface area contributed by atoms with Crippen molar-refractivity contribution >= 4 is 15.9 Å². The van der Waals surface area contributed by atoms with E-state index in [-0.39, 0.29) is 0 Å². The van der Waals surface area contributed by atoms with Crippen molar-refractivity contribution in [3.63, 3.8) is 0 Å². The molecule has 0 aliphatic rings. The first-order valence-corrected chi connectivity index (χ1v) is 4.02. The average Bonchev–Trinajstić information content (AvgIpc) is 1.60. The third-order valence-electron chi connectivity index (χ3n) is 1.04. The summed E-state index contributed by atoms with van der Waals surface area (Å²) in [5.74, 6) is 0. The molecule has 0 radical (unpaired) electrons. The van der Waals surface area contributed by atoms with E-state index in [4.69, 9.17) is 0 Å². The van der Waals surface area contributed by atoms with Gasteiger partial charge in [-0.15, -0.1) is 0 Å². The Bertz CT molecular complexity index is 106. The van der Waals surface area contributed by atoms with Crippen molar-refractivity contribution in [2.75, 3.05) is 5.33 Å². The van der Waals surface area contributed by atoms with Gasteiger partial charge in [-0.25, -0.2) is 0 Å². The van der Waals surface area contributed by atoms with E-state index in [2.05, 4.69) is 15.9 Å². The molecule has 0 bridgehead atoms. The van der Waals surface area contributed by atoms with E-state index in [0.717, 1.165) is 0 Å². The van der Waals surface area contributed by atoms with Crippen LogP contribution in [-0.2, 0) is 0 Å². The van der Waals surface area contributed by atoms with Crippen LogP contribution in [0.5, 0.6) is 0 Å². The minimum atomic E-state index is -4.04. The van der Waals surface area contributed by atoms with Crippen LogP contribution in [0.2, 0.25) is 0 Å². The lowest BCUT2D eigenvalue weighted by Gasteiger charge is -2.22. The molecule has 0 unspecified atom stereocenters. The van der Waals surface area contributed by atoms with Crippen LogP contribution in [0.15, 0.2) is 0 Å². The van der Waals surface area contributed by atoms with Gasteiger partial charge in [0, 0.05) is 11.8 Å². The molecule has 0 nitrogen and oxygen atoms in total. The van der Waals surface area contributed by atoms with Crippen LogP contribution in [0.3, 0.4) is 0 Å². The zero-order valence-electron chi connectivity index (χ0n) is 5.93. The van der Waals surface area contributed by atoms with Gasteiger partial charge in [-0.3, -0.25) is 0 Å². The van der Waals surface area contributed by atoms with Crippen LogP contribution in [-0.4, -0.2) is 11.5 Å². The fourth-order valence-electron chi connectivity index (χ4n) is 0.590. The van der Waals surface area contributed by atoms with Crippen molar-refractivity contribution in [2.24, 2.45) is 5.41 Å². The van der Waals surface area contributed by atoms with E-state index in [1.165, 1.54) is 0 Å². The highest BCUT2D eigenvalue weighted by Crippen LogP contribution is 2.33. The van der Waals surface area contributed by atoms with Crippen molar-refractivity contribution in [1.82, 2.24) is 0 Å². The largest absolute Gasteiger partial charge is 0.389 e. The minimum Gasteiger partial charge on any atom is -0.171 e. The Morgan fingerprint density at radius 2 is 1.60 bits per heavy atom. The van der Waals surface area contributed by atoms with Gasteiger partial charge in [0.1, 0.15) is 0 Å². The molecule has 10 heavy (non-hydrogen) atoms. The topological polar surface area (TPSA) is 0 Å². The van der Waals surface area contributed by atoms with Gasteiger partial charge >= 0.3 is 6.18 Å². The maximum absolute atomic E-state index is 11.7. The molecule has 0 rings (SSSR count). The fraction of sp³-hybridized carbons (Fsp3) is 1.00. The van der Waals surface area contributed by atoms with Crippen LogP contribution in [0.4, 0.5) is 13.2 Å².